The fraction of sp³-hybridized carbons (Fsp3) is 0.0870. The number of benzene rings is 2. The number of thiocarbonyl (C=S) groups is 1. The molecule has 0 saturated carbocycles. The molecule has 0 atom stereocenters. The summed E-state index contributed by atoms with van der Waals surface area (Å²) in [6.45, 7) is 3.82. The van der Waals surface area contributed by atoms with E-state index in [0.717, 1.165) is 22.4 Å². The Kier molecular flexibility index (Phi) is 5.32. The van der Waals surface area contributed by atoms with Gasteiger partial charge in [-0.1, -0.05) is 47.7 Å². The van der Waals surface area contributed by atoms with Crippen molar-refractivity contribution in [3.63, 3.8) is 0 Å². The molecule has 4 rings (SSSR count). The Morgan fingerprint density at radius 1 is 1.10 bits per heavy atom. The van der Waals surface area contributed by atoms with Crippen molar-refractivity contribution >= 4 is 51.9 Å². The van der Waals surface area contributed by atoms with Crippen molar-refractivity contribution < 1.29 is 19.1 Å². The number of hydrogen-bond acceptors (Lipinski definition) is 5. The Bertz CT molecular complexity index is 1210. The summed E-state index contributed by atoms with van der Waals surface area (Å²) >= 11 is 6.64. The highest BCUT2D eigenvalue weighted by molar-refractivity contribution is 8.27. The van der Waals surface area contributed by atoms with Gasteiger partial charge in [-0.25, -0.2) is 4.79 Å². The summed E-state index contributed by atoms with van der Waals surface area (Å²) in [6.07, 6.45) is 1.68. The van der Waals surface area contributed by atoms with E-state index in [9.17, 15) is 9.59 Å². The van der Waals surface area contributed by atoms with Crippen LogP contribution < -0.4 is 4.90 Å². The van der Waals surface area contributed by atoms with Crippen molar-refractivity contribution in [2.45, 2.75) is 13.8 Å². The van der Waals surface area contributed by atoms with Gasteiger partial charge in [0.25, 0.3) is 5.91 Å². The van der Waals surface area contributed by atoms with Crippen molar-refractivity contribution in [2.24, 2.45) is 0 Å². The van der Waals surface area contributed by atoms with Crippen LogP contribution in [0.2, 0.25) is 0 Å². The number of nitrogens with zero attached hydrogens (tertiary/aromatic N) is 1. The number of carboxylic acid groups (broad SMARTS) is 1. The number of carbonyl (C=O) groups excluding carboxylic acids is 1. The maximum Gasteiger partial charge on any atom is 0.335 e. The molecular weight excluding hydrogens is 418 g/mol. The van der Waals surface area contributed by atoms with Gasteiger partial charge >= 0.3 is 5.97 Å². The van der Waals surface area contributed by atoms with Crippen molar-refractivity contribution in [3.05, 3.63) is 82.0 Å². The fourth-order valence-corrected chi connectivity index (χ4v) is 4.44. The summed E-state index contributed by atoms with van der Waals surface area (Å²) in [4.78, 5) is 26.0. The van der Waals surface area contributed by atoms with Crippen LogP contribution in [-0.2, 0) is 4.79 Å². The van der Waals surface area contributed by atoms with Gasteiger partial charge in [0.05, 0.1) is 16.2 Å². The zero-order valence-corrected chi connectivity index (χ0v) is 17.8. The van der Waals surface area contributed by atoms with Crippen LogP contribution in [-0.4, -0.2) is 21.3 Å². The molecule has 0 spiro atoms. The van der Waals surface area contributed by atoms with E-state index < -0.39 is 5.97 Å². The molecule has 1 fully saturated rings. The largest absolute Gasteiger partial charge is 0.478 e. The highest BCUT2D eigenvalue weighted by atomic mass is 32.2. The third-order valence-electron chi connectivity index (χ3n) is 4.72. The first-order valence-electron chi connectivity index (χ1n) is 9.12. The SMILES string of the molecule is Cc1ccc(N2C(=O)/C(=C\c3ccc(-c4ccc(C(=O)O)cc4C)o3)SC2=S)cc1. The minimum atomic E-state index is -0.972. The number of amides is 1. The molecule has 1 aromatic heterocycles. The molecule has 1 N–H and O–H groups in total. The molecule has 1 amide bonds. The number of anilines is 1. The van der Waals surface area contributed by atoms with E-state index in [1.165, 1.54) is 16.7 Å². The molecule has 0 bridgehead atoms. The molecule has 2 heterocycles. The number of carboxylic acids is 1. The fourth-order valence-electron chi connectivity index (χ4n) is 3.16. The van der Waals surface area contributed by atoms with Crippen molar-refractivity contribution in [1.29, 1.82) is 0 Å². The van der Waals surface area contributed by atoms with Crippen LogP contribution in [0.25, 0.3) is 17.4 Å². The second-order valence-corrected chi connectivity index (χ2v) is 8.57. The first-order valence-corrected chi connectivity index (χ1v) is 10.3. The predicted octanol–water partition coefficient (Wildman–Crippen LogP) is 5.67. The zero-order valence-electron chi connectivity index (χ0n) is 16.2. The van der Waals surface area contributed by atoms with Gasteiger partial charge in [0.1, 0.15) is 11.5 Å². The third kappa shape index (κ3) is 3.81. The number of aromatic carboxylic acids is 1. The Balaban J connectivity index is 1.60. The van der Waals surface area contributed by atoms with Crippen LogP contribution in [0.4, 0.5) is 5.69 Å². The lowest BCUT2D eigenvalue weighted by molar-refractivity contribution is -0.113. The van der Waals surface area contributed by atoms with E-state index in [1.54, 1.807) is 36.4 Å². The lowest BCUT2D eigenvalue weighted by Gasteiger charge is -2.14. The number of hydrogen-bond donors (Lipinski definition) is 1. The molecule has 30 heavy (non-hydrogen) atoms. The van der Waals surface area contributed by atoms with Crippen LogP contribution in [0.3, 0.4) is 0 Å². The molecule has 1 saturated heterocycles. The number of carbonyl (C=O) groups is 2. The van der Waals surface area contributed by atoms with Gasteiger partial charge in [-0.15, -0.1) is 0 Å². The molecule has 3 aromatic rings. The van der Waals surface area contributed by atoms with E-state index in [1.807, 2.05) is 38.1 Å². The highest BCUT2D eigenvalue weighted by Gasteiger charge is 2.33. The number of aryl methyl sites for hydroxylation is 2. The van der Waals surface area contributed by atoms with Crippen molar-refractivity contribution in [1.82, 2.24) is 0 Å². The van der Waals surface area contributed by atoms with E-state index in [-0.39, 0.29) is 11.5 Å². The standard InChI is InChI=1S/C23H17NO4S2/c1-13-3-6-16(7-4-13)24-21(25)20(30-23(24)29)12-17-8-10-19(28-17)18-9-5-15(22(26)27)11-14(18)2/h3-12H,1-2H3,(H,26,27)/b20-12+. The summed E-state index contributed by atoms with van der Waals surface area (Å²) in [5.41, 5.74) is 3.66. The summed E-state index contributed by atoms with van der Waals surface area (Å²) in [5, 5.41) is 9.12. The molecule has 5 nitrogen and oxygen atoms in total. The molecule has 0 radical (unpaired) electrons. The maximum atomic E-state index is 12.9. The lowest BCUT2D eigenvalue weighted by atomic mass is 10.0. The van der Waals surface area contributed by atoms with Crippen molar-refractivity contribution in [3.8, 4) is 11.3 Å². The summed E-state index contributed by atoms with van der Waals surface area (Å²) in [5.74, 6) is -0.0324. The smallest absolute Gasteiger partial charge is 0.335 e. The molecule has 7 heteroatoms. The molecule has 1 aliphatic heterocycles. The summed E-state index contributed by atoms with van der Waals surface area (Å²) < 4.78 is 6.38. The zero-order chi connectivity index (χ0) is 21.4. The molecule has 0 aliphatic carbocycles. The molecule has 150 valence electrons. The van der Waals surface area contributed by atoms with Gasteiger partial charge in [-0.3, -0.25) is 9.69 Å². The second kappa shape index (κ2) is 7.93. The van der Waals surface area contributed by atoms with Crippen LogP contribution in [0.1, 0.15) is 27.2 Å². The normalized spacial score (nSPS) is 15.3. The summed E-state index contributed by atoms with van der Waals surface area (Å²) in [7, 11) is 0. The van der Waals surface area contributed by atoms with E-state index in [0.29, 0.717) is 20.7 Å². The first kappa shape index (κ1) is 20.1. The van der Waals surface area contributed by atoms with Gasteiger partial charge in [0.15, 0.2) is 4.32 Å². The first-order chi connectivity index (χ1) is 14.3. The van der Waals surface area contributed by atoms with Crippen LogP contribution >= 0.6 is 24.0 Å². The van der Waals surface area contributed by atoms with Crippen LogP contribution in [0.15, 0.2) is 63.9 Å². The van der Waals surface area contributed by atoms with Crippen LogP contribution in [0, 0.1) is 13.8 Å². The number of rotatable bonds is 4. The lowest BCUT2D eigenvalue weighted by Crippen LogP contribution is -2.27. The number of furan rings is 1. The van der Waals surface area contributed by atoms with Gasteiger partial charge in [-0.05, 0) is 55.8 Å². The minimum absolute atomic E-state index is 0.186. The van der Waals surface area contributed by atoms with Crippen LogP contribution in [0.5, 0.6) is 0 Å². The molecular formula is C23H17NO4S2. The topological polar surface area (TPSA) is 70.8 Å². The Hall–Kier alpha value is -3.16. The average Bonchev–Trinajstić information content (AvgIpc) is 3.27. The summed E-state index contributed by atoms with van der Waals surface area (Å²) in [6, 6.07) is 16.1. The van der Waals surface area contributed by atoms with Gasteiger partial charge in [0.2, 0.25) is 0 Å². The highest BCUT2D eigenvalue weighted by Crippen LogP contribution is 2.37. The monoisotopic (exact) mass is 435 g/mol. The van der Waals surface area contributed by atoms with Gasteiger partial charge in [0, 0.05) is 11.6 Å². The Morgan fingerprint density at radius 3 is 2.50 bits per heavy atom. The van der Waals surface area contributed by atoms with E-state index in [2.05, 4.69) is 0 Å². The van der Waals surface area contributed by atoms with E-state index in [4.69, 9.17) is 21.7 Å². The maximum absolute atomic E-state index is 12.9. The Morgan fingerprint density at radius 2 is 1.83 bits per heavy atom. The second-order valence-electron chi connectivity index (χ2n) is 6.89. The third-order valence-corrected chi connectivity index (χ3v) is 6.03. The van der Waals surface area contributed by atoms with Gasteiger partial charge < -0.3 is 9.52 Å². The minimum Gasteiger partial charge on any atom is -0.478 e. The average molecular weight is 436 g/mol. The molecule has 0 unspecified atom stereocenters. The number of thioether (sulfide) groups is 1. The quantitative estimate of drug-likeness (QED) is 0.421. The predicted molar refractivity (Wildman–Crippen MR) is 123 cm³/mol. The van der Waals surface area contributed by atoms with E-state index >= 15 is 0 Å². The molecule has 2 aromatic carbocycles. The van der Waals surface area contributed by atoms with Gasteiger partial charge in [-0.2, -0.15) is 0 Å². The Labute approximate surface area is 183 Å². The molecule has 1 aliphatic rings. The van der Waals surface area contributed by atoms with Crippen molar-refractivity contribution in [2.75, 3.05) is 4.90 Å².